The van der Waals surface area contributed by atoms with Crippen molar-refractivity contribution in [3.05, 3.63) is 53.7 Å². The summed E-state index contributed by atoms with van der Waals surface area (Å²) >= 11 is 0. The van der Waals surface area contributed by atoms with Crippen LogP contribution in [0.1, 0.15) is 21.0 Å². The zero-order valence-corrected chi connectivity index (χ0v) is 11.7. The van der Waals surface area contributed by atoms with E-state index < -0.39 is 11.6 Å². The highest BCUT2D eigenvalue weighted by atomic mass is 19.1. The van der Waals surface area contributed by atoms with Crippen LogP contribution in [0.3, 0.4) is 0 Å². The number of rotatable bonds is 1. The number of hydrogen-bond acceptors (Lipinski definition) is 1. The molecule has 3 rings (SSSR count). The Morgan fingerprint density at radius 2 is 1.70 bits per heavy atom. The summed E-state index contributed by atoms with van der Waals surface area (Å²) in [5.41, 5.74) is 2.18. The number of H-pyrrole nitrogens is 1. The lowest BCUT2D eigenvalue weighted by Crippen LogP contribution is -1.89. The van der Waals surface area contributed by atoms with Gasteiger partial charge in [-0.3, -0.25) is 5.10 Å². The lowest BCUT2D eigenvalue weighted by Gasteiger charge is -2.05. The topological polar surface area (TPSA) is 28.7 Å². The monoisotopic (exact) mass is 276 g/mol. The normalized spacial score (nSPS) is 10.2. The summed E-state index contributed by atoms with van der Waals surface area (Å²) in [6.07, 6.45) is 0. The van der Waals surface area contributed by atoms with Gasteiger partial charge in [0.15, 0.2) is 0 Å². The number of benzene rings is 2. The Hall–Kier alpha value is -2.23. The summed E-state index contributed by atoms with van der Waals surface area (Å²) in [6.45, 7) is 5.87. The molecular weight excluding hydrogens is 258 g/mol. The third-order valence-electron chi connectivity index (χ3n) is 3.00. The van der Waals surface area contributed by atoms with Crippen molar-refractivity contribution in [3.63, 3.8) is 0 Å². The number of fused-ring (bicyclic) bond motifs is 1. The molecule has 2 nitrogen and oxygen atoms in total. The van der Waals surface area contributed by atoms with Crippen molar-refractivity contribution in [2.45, 2.75) is 20.8 Å². The number of aromatic nitrogens is 2. The predicted molar refractivity (Wildman–Crippen MR) is 79.6 cm³/mol. The fourth-order valence-electron chi connectivity index (χ4n) is 2.07. The van der Waals surface area contributed by atoms with Crippen LogP contribution in [0.2, 0.25) is 0 Å². The van der Waals surface area contributed by atoms with Gasteiger partial charge in [-0.2, -0.15) is 5.10 Å². The molecule has 4 heteroatoms. The van der Waals surface area contributed by atoms with Crippen molar-refractivity contribution in [1.29, 1.82) is 0 Å². The summed E-state index contributed by atoms with van der Waals surface area (Å²) in [5, 5.41) is 7.80. The molecule has 0 aliphatic rings. The third-order valence-corrected chi connectivity index (χ3v) is 3.00. The zero-order chi connectivity index (χ0) is 14.7. The zero-order valence-electron chi connectivity index (χ0n) is 11.7. The Kier molecular flexibility index (Phi) is 4.13. The quantitative estimate of drug-likeness (QED) is 0.659. The van der Waals surface area contributed by atoms with E-state index in [0.29, 0.717) is 5.56 Å². The standard InChI is InChI=1S/C14H10F2N2.C2H6.H2/c1-8-10-7-9(5-6-13(10)18-17-8)14-11(15)3-2-4-12(14)16;1-2;/h2-7H,1H3,(H,17,18);1-2H3;1H. The number of nitrogens with one attached hydrogen (secondary N) is 1. The Balaban J connectivity index is 0.000000706. The molecule has 3 aromatic rings. The van der Waals surface area contributed by atoms with Crippen molar-refractivity contribution < 1.29 is 10.2 Å². The van der Waals surface area contributed by atoms with Crippen molar-refractivity contribution in [1.82, 2.24) is 10.2 Å². The van der Waals surface area contributed by atoms with Gasteiger partial charge in [0.1, 0.15) is 11.6 Å². The summed E-state index contributed by atoms with van der Waals surface area (Å²) in [7, 11) is 0. The first-order valence-electron chi connectivity index (χ1n) is 6.56. The van der Waals surface area contributed by atoms with Gasteiger partial charge in [-0.15, -0.1) is 0 Å². The van der Waals surface area contributed by atoms with E-state index >= 15 is 0 Å². The average Bonchev–Trinajstić information content (AvgIpc) is 2.82. The lowest BCUT2D eigenvalue weighted by molar-refractivity contribution is 0.589. The van der Waals surface area contributed by atoms with Crippen LogP contribution in [0.15, 0.2) is 36.4 Å². The van der Waals surface area contributed by atoms with Crippen LogP contribution in [0.25, 0.3) is 22.0 Å². The second kappa shape index (κ2) is 5.82. The van der Waals surface area contributed by atoms with Crippen molar-refractivity contribution in [2.24, 2.45) is 0 Å². The SMILES string of the molecule is CC.Cc1[nH]nc2ccc(-c3c(F)cccc3F)cc12.[HH]. The van der Waals surface area contributed by atoms with Crippen LogP contribution >= 0.6 is 0 Å². The summed E-state index contributed by atoms with van der Waals surface area (Å²) in [5.74, 6) is -1.12. The molecule has 0 amide bonds. The Morgan fingerprint density at radius 1 is 1.05 bits per heavy atom. The van der Waals surface area contributed by atoms with Gasteiger partial charge in [0.05, 0.1) is 11.1 Å². The van der Waals surface area contributed by atoms with Crippen LogP contribution in [-0.4, -0.2) is 10.2 Å². The lowest BCUT2D eigenvalue weighted by atomic mass is 10.0. The highest BCUT2D eigenvalue weighted by molar-refractivity contribution is 5.86. The second-order valence-electron chi connectivity index (χ2n) is 4.18. The van der Waals surface area contributed by atoms with Crippen LogP contribution < -0.4 is 0 Å². The molecule has 0 unspecified atom stereocenters. The second-order valence-corrected chi connectivity index (χ2v) is 4.18. The first-order chi connectivity index (χ1) is 9.66. The predicted octanol–water partition coefficient (Wildman–Crippen LogP) is 5.09. The molecule has 1 N–H and O–H groups in total. The summed E-state index contributed by atoms with van der Waals surface area (Å²) in [4.78, 5) is 0. The van der Waals surface area contributed by atoms with Crippen LogP contribution in [0.5, 0.6) is 0 Å². The van der Waals surface area contributed by atoms with Gasteiger partial charge in [-0.25, -0.2) is 8.78 Å². The Labute approximate surface area is 117 Å². The van der Waals surface area contributed by atoms with E-state index in [0.717, 1.165) is 16.6 Å². The molecule has 0 radical (unpaired) electrons. The molecule has 0 bridgehead atoms. The maximum absolute atomic E-state index is 13.7. The van der Waals surface area contributed by atoms with E-state index in [1.165, 1.54) is 18.2 Å². The van der Waals surface area contributed by atoms with Crippen LogP contribution in [0, 0.1) is 18.6 Å². The van der Waals surface area contributed by atoms with Crippen molar-refractivity contribution in [3.8, 4) is 11.1 Å². The van der Waals surface area contributed by atoms with Crippen LogP contribution in [-0.2, 0) is 0 Å². The first kappa shape index (κ1) is 14.2. The molecule has 0 aliphatic carbocycles. The molecule has 106 valence electrons. The van der Waals surface area contributed by atoms with Gasteiger partial charge in [0.2, 0.25) is 0 Å². The molecule has 1 aromatic heterocycles. The number of aromatic amines is 1. The molecule has 2 aromatic carbocycles. The van der Waals surface area contributed by atoms with Gasteiger partial charge in [-0.05, 0) is 36.8 Å². The fraction of sp³-hybridized carbons (Fsp3) is 0.188. The molecule has 0 spiro atoms. The summed E-state index contributed by atoms with van der Waals surface area (Å²) in [6, 6.07) is 9.03. The molecule has 1 heterocycles. The van der Waals surface area contributed by atoms with Gasteiger partial charge >= 0.3 is 0 Å². The van der Waals surface area contributed by atoms with Crippen LogP contribution in [0.4, 0.5) is 8.78 Å². The average molecular weight is 276 g/mol. The number of hydrogen-bond donors (Lipinski definition) is 1. The summed E-state index contributed by atoms with van der Waals surface area (Å²) < 4.78 is 27.4. The van der Waals surface area contributed by atoms with Gasteiger partial charge in [0.25, 0.3) is 0 Å². The van der Waals surface area contributed by atoms with E-state index in [1.54, 1.807) is 18.2 Å². The maximum atomic E-state index is 13.7. The van der Waals surface area contributed by atoms with E-state index in [2.05, 4.69) is 10.2 Å². The van der Waals surface area contributed by atoms with Gasteiger partial charge in [-0.1, -0.05) is 26.0 Å². The van der Waals surface area contributed by atoms with E-state index in [1.807, 2.05) is 20.8 Å². The fourth-order valence-corrected chi connectivity index (χ4v) is 2.07. The molecule has 0 aliphatic heterocycles. The minimum Gasteiger partial charge on any atom is -0.282 e. The van der Waals surface area contributed by atoms with E-state index in [4.69, 9.17) is 0 Å². The van der Waals surface area contributed by atoms with E-state index in [9.17, 15) is 8.78 Å². The minimum absolute atomic E-state index is 0. The minimum atomic E-state index is -0.560. The molecule has 20 heavy (non-hydrogen) atoms. The Bertz CT molecular complexity index is 718. The smallest absolute Gasteiger partial charge is 0.133 e. The maximum Gasteiger partial charge on any atom is 0.133 e. The highest BCUT2D eigenvalue weighted by Crippen LogP contribution is 2.29. The molecule has 0 fully saturated rings. The number of aryl methyl sites for hydroxylation is 1. The number of nitrogens with zero attached hydrogens (tertiary/aromatic N) is 1. The molecule has 0 saturated carbocycles. The van der Waals surface area contributed by atoms with Gasteiger partial charge < -0.3 is 0 Å². The molecule has 0 atom stereocenters. The highest BCUT2D eigenvalue weighted by Gasteiger charge is 2.12. The molecule has 0 saturated heterocycles. The van der Waals surface area contributed by atoms with E-state index in [-0.39, 0.29) is 6.99 Å². The first-order valence-corrected chi connectivity index (χ1v) is 6.56. The van der Waals surface area contributed by atoms with Gasteiger partial charge in [0, 0.05) is 12.5 Å². The molecular formula is C16H18F2N2. The third kappa shape index (κ3) is 2.41. The number of halogens is 2. The largest absolute Gasteiger partial charge is 0.282 e. The Morgan fingerprint density at radius 3 is 2.35 bits per heavy atom. The van der Waals surface area contributed by atoms with Crippen molar-refractivity contribution >= 4 is 10.9 Å². The van der Waals surface area contributed by atoms with Crippen molar-refractivity contribution in [2.75, 3.05) is 0 Å².